The summed E-state index contributed by atoms with van der Waals surface area (Å²) in [5, 5.41) is 4.20. The molecule has 0 N–H and O–H groups in total. The van der Waals surface area contributed by atoms with E-state index >= 15 is 0 Å². The van der Waals surface area contributed by atoms with Crippen molar-refractivity contribution in [3.05, 3.63) is 17.5 Å². The molecule has 0 saturated heterocycles. The summed E-state index contributed by atoms with van der Waals surface area (Å²) in [6, 6.07) is 1.90. The van der Waals surface area contributed by atoms with Gasteiger partial charge in [-0.2, -0.15) is 5.10 Å². The zero-order valence-electron chi connectivity index (χ0n) is 10.9. The number of ketones is 1. The Hall–Kier alpha value is -1.20. The Bertz CT molecular complexity index is 368. The Labute approximate surface area is 102 Å². The molecule has 0 radical (unpaired) electrons. The average Bonchev–Trinajstić information content (AvgIpc) is 2.57. The third-order valence-electron chi connectivity index (χ3n) is 2.35. The summed E-state index contributed by atoms with van der Waals surface area (Å²) in [7, 11) is 1.83. The van der Waals surface area contributed by atoms with E-state index in [4.69, 9.17) is 9.47 Å². The van der Waals surface area contributed by atoms with Crippen LogP contribution in [0.15, 0.2) is 6.07 Å². The highest BCUT2D eigenvalue weighted by molar-refractivity contribution is 5.83. The number of rotatable bonds is 7. The Morgan fingerprint density at radius 1 is 1.41 bits per heavy atom. The molecule has 0 aliphatic rings. The number of Topliss-reactive ketones (excluding diaryl/α,β-unsaturated/α-hetero) is 1. The number of hydrogen-bond acceptors (Lipinski definition) is 4. The van der Waals surface area contributed by atoms with Crippen LogP contribution in [0.5, 0.6) is 0 Å². The van der Waals surface area contributed by atoms with Crippen molar-refractivity contribution < 1.29 is 14.3 Å². The molecule has 0 spiro atoms. The molecule has 0 fully saturated rings. The topological polar surface area (TPSA) is 53.4 Å². The maximum absolute atomic E-state index is 12.0. The first-order valence-corrected chi connectivity index (χ1v) is 5.83. The number of hydrogen-bond donors (Lipinski definition) is 0. The van der Waals surface area contributed by atoms with Crippen LogP contribution in [0.4, 0.5) is 0 Å². The van der Waals surface area contributed by atoms with E-state index in [1.165, 1.54) is 0 Å². The summed E-state index contributed by atoms with van der Waals surface area (Å²) in [5.74, 6) is -0.0725. The predicted molar refractivity (Wildman–Crippen MR) is 63.7 cm³/mol. The van der Waals surface area contributed by atoms with E-state index in [1.54, 1.807) is 4.68 Å². The molecule has 1 aromatic rings. The molecule has 0 atom stereocenters. The molecule has 1 aromatic heterocycles. The highest BCUT2D eigenvalue weighted by Gasteiger charge is 2.20. The van der Waals surface area contributed by atoms with Crippen LogP contribution in [0.25, 0.3) is 0 Å². The van der Waals surface area contributed by atoms with E-state index in [0.717, 1.165) is 11.4 Å². The molecule has 0 aliphatic heterocycles. The molecule has 1 rings (SSSR count). The maximum atomic E-state index is 12.0. The first kappa shape index (κ1) is 13.9. The summed E-state index contributed by atoms with van der Waals surface area (Å²) >= 11 is 0. The number of carbonyl (C=O) groups is 1. The van der Waals surface area contributed by atoms with Gasteiger partial charge >= 0.3 is 0 Å². The van der Waals surface area contributed by atoms with Crippen LogP contribution in [-0.2, 0) is 27.7 Å². The lowest BCUT2D eigenvalue weighted by atomic mass is 10.2. The number of nitrogens with zero attached hydrogens (tertiary/aromatic N) is 2. The minimum absolute atomic E-state index is 0.0725. The Kier molecular flexibility index (Phi) is 5.31. The van der Waals surface area contributed by atoms with Crippen molar-refractivity contribution in [3.63, 3.8) is 0 Å². The van der Waals surface area contributed by atoms with Crippen molar-refractivity contribution in [2.75, 3.05) is 13.2 Å². The number of aryl methyl sites for hydroxylation is 2. The largest absolute Gasteiger partial charge is 0.346 e. The van der Waals surface area contributed by atoms with Gasteiger partial charge in [-0.1, -0.05) is 0 Å². The second-order valence-electron chi connectivity index (χ2n) is 3.79. The zero-order chi connectivity index (χ0) is 12.8. The summed E-state index contributed by atoms with van der Waals surface area (Å²) in [4.78, 5) is 12.0. The van der Waals surface area contributed by atoms with Crippen molar-refractivity contribution in [2.24, 2.45) is 7.05 Å². The lowest BCUT2D eigenvalue weighted by molar-refractivity contribution is -0.167. The molecule has 5 heteroatoms. The summed E-state index contributed by atoms with van der Waals surface area (Å²) in [6.45, 7) is 6.50. The molecule has 1 heterocycles. The lowest BCUT2D eigenvalue weighted by Crippen LogP contribution is -2.29. The average molecular weight is 240 g/mol. The highest BCUT2D eigenvalue weighted by atomic mass is 16.7. The van der Waals surface area contributed by atoms with E-state index < -0.39 is 6.29 Å². The van der Waals surface area contributed by atoms with Gasteiger partial charge in [-0.15, -0.1) is 0 Å². The van der Waals surface area contributed by atoms with Crippen molar-refractivity contribution in [1.29, 1.82) is 0 Å². The van der Waals surface area contributed by atoms with Gasteiger partial charge in [0.2, 0.25) is 6.29 Å². The van der Waals surface area contributed by atoms with Gasteiger partial charge in [0.05, 0.1) is 12.1 Å². The van der Waals surface area contributed by atoms with Crippen molar-refractivity contribution in [1.82, 2.24) is 9.78 Å². The standard InChI is InChI=1S/C12H20N2O3/c1-5-16-12(17-6-2)11(15)8-10-7-9(3)13-14(10)4/h7,12H,5-6,8H2,1-4H3. The van der Waals surface area contributed by atoms with Crippen LogP contribution in [0.3, 0.4) is 0 Å². The fourth-order valence-electron chi connectivity index (χ4n) is 1.63. The van der Waals surface area contributed by atoms with Crippen LogP contribution in [-0.4, -0.2) is 35.1 Å². The van der Waals surface area contributed by atoms with E-state index in [2.05, 4.69) is 5.10 Å². The van der Waals surface area contributed by atoms with Crippen molar-refractivity contribution >= 4 is 5.78 Å². The lowest BCUT2D eigenvalue weighted by Gasteiger charge is -2.15. The van der Waals surface area contributed by atoms with Gasteiger partial charge in [0.15, 0.2) is 5.78 Å². The van der Waals surface area contributed by atoms with Crippen molar-refractivity contribution in [3.8, 4) is 0 Å². The van der Waals surface area contributed by atoms with Crippen LogP contribution >= 0.6 is 0 Å². The van der Waals surface area contributed by atoms with Crippen LogP contribution < -0.4 is 0 Å². The molecule has 0 saturated carbocycles. The molecular formula is C12H20N2O3. The van der Waals surface area contributed by atoms with Gasteiger partial charge in [-0.25, -0.2) is 0 Å². The Morgan fingerprint density at radius 2 is 2.00 bits per heavy atom. The number of carbonyl (C=O) groups excluding carboxylic acids is 1. The Morgan fingerprint density at radius 3 is 2.41 bits per heavy atom. The van der Waals surface area contributed by atoms with E-state index in [-0.39, 0.29) is 12.2 Å². The molecule has 96 valence electrons. The summed E-state index contributed by atoms with van der Waals surface area (Å²) in [5.41, 5.74) is 1.77. The van der Waals surface area contributed by atoms with Gasteiger partial charge in [0, 0.05) is 26.0 Å². The molecule has 5 nitrogen and oxygen atoms in total. The van der Waals surface area contributed by atoms with Gasteiger partial charge in [0.25, 0.3) is 0 Å². The number of ether oxygens (including phenoxy) is 2. The molecule has 0 aliphatic carbocycles. The van der Waals surface area contributed by atoms with Crippen LogP contribution in [0.2, 0.25) is 0 Å². The molecule has 17 heavy (non-hydrogen) atoms. The molecule has 0 amide bonds. The third kappa shape index (κ3) is 3.94. The molecule has 0 bridgehead atoms. The third-order valence-corrected chi connectivity index (χ3v) is 2.35. The van der Waals surface area contributed by atoms with Gasteiger partial charge < -0.3 is 9.47 Å². The molecular weight excluding hydrogens is 220 g/mol. The highest BCUT2D eigenvalue weighted by Crippen LogP contribution is 2.07. The molecule has 0 unspecified atom stereocenters. The monoisotopic (exact) mass is 240 g/mol. The quantitative estimate of drug-likeness (QED) is 0.673. The molecule has 0 aromatic carbocycles. The number of aromatic nitrogens is 2. The first-order valence-electron chi connectivity index (χ1n) is 5.83. The fraction of sp³-hybridized carbons (Fsp3) is 0.667. The van der Waals surface area contributed by atoms with Gasteiger partial charge in [-0.3, -0.25) is 9.48 Å². The Balaban J connectivity index is 2.65. The smallest absolute Gasteiger partial charge is 0.218 e. The minimum Gasteiger partial charge on any atom is -0.346 e. The predicted octanol–water partition coefficient (Wildman–Crippen LogP) is 1.24. The maximum Gasteiger partial charge on any atom is 0.218 e. The van der Waals surface area contributed by atoms with Crippen LogP contribution in [0, 0.1) is 6.92 Å². The van der Waals surface area contributed by atoms with E-state index in [0.29, 0.717) is 13.2 Å². The normalized spacial score (nSPS) is 11.1. The summed E-state index contributed by atoms with van der Waals surface area (Å²) < 4.78 is 12.2. The fourth-order valence-corrected chi connectivity index (χ4v) is 1.63. The SMILES string of the molecule is CCOC(OCC)C(=O)Cc1cc(C)nn1C. The van der Waals surface area contributed by atoms with E-state index in [9.17, 15) is 4.79 Å². The zero-order valence-corrected chi connectivity index (χ0v) is 10.9. The van der Waals surface area contributed by atoms with Gasteiger partial charge in [-0.05, 0) is 26.8 Å². The second kappa shape index (κ2) is 6.51. The minimum atomic E-state index is -0.764. The van der Waals surface area contributed by atoms with Crippen LogP contribution in [0.1, 0.15) is 25.2 Å². The van der Waals surface area contributed by atoms with Gasteiger partial charge in [0.1, 0.15) is 0 Å². The van der Waals surface area contributed by atoms with E-state index in [1.807, 2.05) is 33.9 Å². The summed E-state index contributed by atoms with van der Waals surface area (Å²) in [6.07, 6.45) is -0.484. The second-order valence-corrected chi connectivity index (χ2v) is 3.79. The van der Waals surface area contributed by atoms with Crippen molar-refractivity contribution in [2.45, 2.75) is 33.5 Å². The first-order chi connectivity index (χ1) is 8.08.